The van der Waals surface area contributed by atoms with Crippen LogP contribution in [0.15, 0.2) is 11.5 Å². The summed E-state index contributed by atoms with van der Waals surface area (Å²) < 4.78 is 1.76. The van der Waals surface area contributed by atoms with Gasteiger partial charge in [-0.2, -0.15) is 5.10 Å². The number of nitrogens with zero attached hydrogens (tertiary/aromatic N) is 3. The molecular weight excluding hydrogens is 224 g/mol. The zero-order valence-corrected chi connectivity index (χ0v) is 10.9. The van der Waals surface area contributed by atoms with E-state index in [1.165, 1.54) is 0 Å². The molecule has 0 saturated carbocycles. The van der Waals surface area contributed by atoms with Gasteiger partial charge < -0.3 is 10.4 Å². The van der Waals surface area contributed by atoms with Crippen molar-refractivity contribution in [3.8, 4) is 0 Å². The summed E-state index contributed by atoms with van der Waals surface area (Å²) in [5, 5.41) is 17.5. The summed E-state index contributed by atoms with van der Waals surface area (Å²) in [7, 11) is 1.88. The summed E-state index contributed by atoms with van der Waals surface area (Å²) in [6.45, 7) is 5.10. The second-order valence-corrected chi connectivity index (χ2v) is 5.08. The zero-order chi connectivity index (χ0) is 12.0. The fourth-order valence-electron chi connectivity index (χ4n) is 1.43. The minimum Gasteiger partial charge on any atom is -0.394 e. The fourth-order valence-corrected chi connectivity index (χ4v) is 2.52. The normalized spacial score (nSPS) is 15.0. The molecule has 0 aliphatic rings. The van der Waals surface area contributed by atoms with Crippen molar-refractivity contribution in [3.63, 3.8) is 0 Å². The van der Waals surface area contributed by atoms with Crippen molar-refractivity contribution in [2.45, 2.75) is 31.0 Å². The average Bonchev–Trinajstić information content (AvgIpc) is 2.65. The third-order valence-corrected chi connectivity index (χ3v) is 3.54. The standard InChI is InChI=1S/C10H20N4OS/c1-4-12-10(2,7-15)5-6-16-9-11-8-13-14(9)3/h8,12,15H,4-7H2,1-3H3. The molecule has 1 atom stereocenters. The maximum absolute atomic E-state index is 9.32. The average molecular weight is 244 g/mol. The first kappa shape index (κ1) is 13.5. The van der Waals surface area contributed by atoms with Gasteiger partial charge >= 0.3 is 0 Å². The number of thioether (sulfide) groups is 1. The summed E-state index contributed by atoms with van der Waals surface area (Å²) in [5.41, 5.74) is -0.194. The quantitative estimate of drug-likeness (QED) is 0.690. The molecule has 0 spiro atoms. The monoisotopic (exact) mass is 244 g/mol. The van der Waals surface area contributed by atoms with Gasteiger partial charge in [-0.3, -0.25) is 0 Å². The first-order valence-corrected chi connectivity index (χ1v) is 6.42. The van der Waals surface area contributed by atoms with Gasteiger partial charge in [-0.05, 0) is 19.9 Å². The Bertz CT molecular complexity index is 318. The van der Waals surface area contributed by atoms with Gasteiger partial charge in [-0.1, -0.05) is 18.7 Å². The van der Waals surface area contributed by atoms with Crippen LogP contribution >= 0.6 is 11.8 Å². The Balaban J connectivity index is 2.36. The topological polar surface area (TPSA) is 63.0 Å². The van der Waals surface area contributed by atoms with Gasteiger partial charge in [0.25, 0.3) is 0 Å². The molecule has 92 valence electrons. The highest BCUT2D eigenvalue weighted by atomic mass is 32.2. The number of rotatable bonds is 7. The molecule has 1 aromatic rings. The summed E-state index contributed by atoms with van der Waals surface area (Å²) in [5.74, 6) is 0.913. The van der Waals surface area contributed by atoms with E-state index in [9.17, 15) is 5.11 Å². The van der Waals surface area contributed by atoms with Crippen molar-refractivity contribution in [2.75, 3.05) is 18.9 Å². The molecule has 1 heterocycles. The number of aliphatic hydroxyl groups excluding tert-OH is 1. The van der Waals surface area contributed by atoms with Gasteiger partial charge in [0.15, 0.2) is 5.16 Å². The Morgan fingerprint density at radius 1 is 1.62 bits per heavy atom. The molecule has 0 saturated heterocycles. The number of likely N-dealkylation sites (N-methyl/N-ethyl adjacent to an activating group) is 1. The first-order chi connectivity index (χ1) is 7.61. The van der Waals surface area contributed by atoms with E-state index < -0.39 is 0 Å². The Kier molecular flexibility index (Phi) is 5.24. The maximum Gasteiger partial charge on any atom is 0.185 e. The number of hydrogen-bond acceptors (Lipinski definition) is 5. The lowest BCUT2D eigenvalue weighted by atomic mass is 10.0. The van der Waals surface area contributed by atoms with Gasteiger partial charge in [0, 0.05) is 18.3 Å². The summed E-state index contributed by atoms with van der Waals surface area (Å²) >= 11 is 1.66. The maximum atomic E-state index is 9.32. The number of aliphatic hydroxyl groups is 1. The van der Waals surface area contributed by atoms with Crippen LogP contribution in [0.4, 0.5) is 0 Å². The predicted molar refractivity (Wildman–Crippen MR) is 65.5 cm³/mol. The summed E-state index contributed by atoms with van der Waals surface area (Å²) in [6, 6.07) is 0. The molecule has 0 fully saturated rings. The van der Waals surface area contributed by atoms with Crippen molar-refractivity contribution in [3.05, 3.63) is 6.33 Å². The number of hydrogen-bond donors (Lipinski definition) is 2. The van der Waals surface area contributed by atoms with Crippen LogP contribution in [0.25, 0.3) is 0 Å². The van der Waals surface area contributed by atoms with Gasteiger partial charge in [-0.25, -0.2) is 9.67 Å². The highest BCUT2D eigenvalue weighted by Crippen LogP contribution is 2.19. The third-order valence-electron chi connectivity index (χ3n) is 2.51. The van der Waals surface area contributed by atoms with Gasteiger partial charge in [0.1, 0.15) is 6.33 Å². The molecule has 6 heteroatoms. The van der Waals surface area contributed by atoms with Crippen LogP contribution in [-0.2, 0) is 7.05 Å². The molecule has 0 aromatic carbocycles. The molecule has 5 nitrogen and oxygen atoms in total. The molecule has 1 unspecified atom stereocenters. The number of nitrogens with one attached hydrogen (secondary N) is 1. The summed E-state index contributed by atoms with van der Waals surface area (Å²) in [4.78, 5) is 4.14. The Morgan fingerprint density at radius 3 is 2.88 bits per heavy atom. The molecule has 0 radical (unpaired) electrons. The second-order valence-electron chi connectivity index (χ2n) is 4.01. The van der Waals surface area contributed by atoms with E-state index >= 15 is 0 Å². The van der Waals surface area contributed by atoms with Crippen LogP contribution in [0.5, 0.6) is 0 Å². The van der Waals surface area contributed by atoms with E-state index in [4.69, 9.17) is 0 Å². The lowest BCUT2D eigenvalue weighted by Crippen LogP contribution is -2.46. The van der Waals surface area contributed by atoms with Gasteiger partial charge in [-0.15, -0.1) is 0 Å². The Labute approximate surface area is 101 Å². The molecule has 1 aromatic heterocycles. The molecule has 0 bridgehead atoms. The van der Waals surface area contributed by atoms with Crippen LogP contribution in [0.3, 0.4) is 0 Å². The fraction of sp³-hybridized carbons (Fsp3) is 0.800. The van der Waals surface area contributed by atoms with Crippen LogP contribution in [-0.4, -0.2) is 44.3 Å². The summed E-state index contributed by atoms with van der Waals surface area (Å²) in [6.07, 6.45) is 2.45. The first-order valence-electron chi connectivity index (χ1n) is 5.44. The van der Waals surface area contributed by atoms with Gasteiger partial charge in [0.2, 0.25) is 0 Å². The van der Waals surface area contributed by atoms with Crippen molar-refractivity contribution >= 4 is 11.8 Å². The largest absolute Gasteiger partial charge is 0.394 e. The lowest BCUT2D eigenvalue weighted by molar-refractivity contribution is 0.173. The van der Waals surface area contributed by atoms with Crippen LogP contribution in [0, 0.1) is 0 Å². The molecule has 0 aliphatic heterocycles. The molecule has 1 rings (SSSR count). The molecule has 0 amide bonds. The number of aromatic nitrogens is 3. The predicted octanol–water partition coefficient (Wildman–Crippen LogP) is 0.658. The van der Waals surface area contributed by atoms with Crippen molar-refractivity contribution < 1.29 is 5.11 Å². The Morgan fingerprint density at radius 2 is 2.38 bits per heavy atom. The van der Waals surface area contributed by atoms with E-state index in [-0.39, 0.29) is 12.1 Å². The highest BCUT2D eigenvalue weighted by molar-refractivity contribution is 7.99. The van der Waals surface area contributed by atoms with E-state index in [1.807, 2.05) is 20.9 Å². The van der Waals surface area contributed by atoms with Crippen molar-refractivity contribution in [1.82, 2.24) is 20.1 Å². The van der Waals surface area contributed by atoms with E-state index in [2.05, 4.69) is 15.4 Å². The second kappa shape index (κ2) is 6.22. The van der Waals surface area contributed by atoms with Crippen LogP contribution in [0.2, 0.25) is 0 Å². The lowest BCUT2D eigenvalue weighted by Gasteiger charge is -2.28. The Hall–Kier alpha value is -0.590. The minimum absolute atomic E-state index is 0.153. The molecule has 0 aliphatic carbocycles. The van der Waals surface area contributed by atoms with Crippen molar-refractivity contribution in [1.29, 1.82) is 0 Å². The third kappa shape index (κ3) is 3.77. The SMILES string of the molecule is CCNC(C)(CO)CCSc1ncnn1C. The minimum atomic E-state index is -0.194. The smallest absolute Gasteiger partial charge is 0.185 e. The van der Waals surface area contributed by atoms with Gasteiger partial charge in [0.05, 0.1) is 6.61 Å². The van der Waals surface area contributed by atoms with E-state index in [1.54, 1.807) is 22.8 Å². The van der Waals surface area contributed by atoms with E-state index in [0.717, 1.165) is 23.9 Å². The molecular formula is C10H20N4OS. The zero-order valence-electron chi connectivity index (χ0n) is 10.1. The molecule has 2 N–H and O–H groups in total. The molecule has 16 heavy (non-hydrogen) atoms. The van der Waals surface area contributed by atoms with E-state index in [0.29, 0.717) is 0 Å². The highest BCUT2D eigenvalue weighted by Gasteiger charge is 2.21. The van der Waals surface area contributed by atoms with Crippen LogP contribution in [0.1, 0.15) is 20.3 Å². The van der Waals surface area contributed by atoms with Crippen LogP contribution < -0.4 is 5.32 Å². The van der Waals surface area contributed by atoms with Crippen molar-refractivity contribution in [2.24, 2.45) is 7.05 Å². The number of aryl methyl sites for hydroxylation is 1.